The molecule has 0 unspecified atom stereocenters. The number of nitrogens with zero attached hydrogens (tertiary/aromatic N) is 1. The maximum absolute atomic E-state index is 5.31. The van der Waals surface area contributed by atoms with E-state index >= 15 is 0 Å². The van der Waals surface area contributed by atoms with Crippen LogP contribution in [0, 0.1) is 0 Å². The molecule has 0 aliphatic heterocycles. The highest BCUT2D eigenvalue weighted by Gasteiger charge is 2.01. The van der Waals surface area contributed by atoms with Crippen molar-refractivity contribution in [1.82, 2.24) is 10.6 Å². The second-order valence-corrected chi connectivity index (χ2v) is 5.41. The maximum atomic E-state index is 5.31. The average molecular weight is 307 g/mol. The van der Waals surface area contributed by atoms with Crippen LogP contribution in [0.15, 0.2) is 50.6 Å². The molecule has 2 aromatic rings. The summed E-state index contributed by atoms with van der Waals surface area (Å²) in [4.78, 5) is 4.52. The Morgan fingerprint density at radius 1 is 1.10 bits per heavy atom. The van der Waals surface area contributed by atoms with E-state index < -0.39 is 0 Å². The van der Waals surface area contributed by atoms with Gasteiger partial charge >= 0.3 is 0 Å². The molecule has 2 aromatic heterocycles. The van der Waals surface area contributed by atoms with E-state index in [4.69, 9.17) is 8.83 Å². The monoisotopic (exact) mass is 307 g/mol. The molecule has 0 saturated carbocycles. The second kappa shape index (κ2) is 9.18. The lowest BCUT2D eigenvalue weighted by molar-refractivity contribution is 0.505. The number of hydrogen-bond donors (Lipinski definition) is 2. The number of nitrogens with one attached hydrogen (secondary N) is 2. The van der Waals surface area contributed by atoms with Crippen molar-refractivity contribution in [2.24, 2.45) is 4.99 Å². The fraction of sp³-hybridized carbons (Fsp3) is 0.400. The summed E-state index contributed by atoms with van der Waals surface area (Å²) in [5.41, 5.74) is 0. The molecular formula is C15H21N3O2S. The third-order valence-electron chi connectivity index (χ3n) is 2.82. The van der Waals surface area contributed by atoms with Gasteiger partial charge in [0.15, 0.2) is 5.96 Å². The molecule has 0 saturated heterocycles. The Bertz CT molecular complexity index is 509. The van der Waals surface area contributed by atoms with Gasteiger partial charge in [-0.2, -0.15) is 11.8 Å². The molecular weight excluding hydrogens is 286 g/mol. The van der Waals surface area contributed by atoms with Crippen molar-refractivity contribution in [3.05, 3.63) is 48.3 Å². The van der Waals surface area contributed by atoms with E-state index in [1.165, 1.54) is 0 Å². The van der Waals surface area contributed by atoms with Gasteiger partial charge in [-0.1, -0.05) is 0 Å². The Morgan fingerprint density at radius 3 is 2.48 bits per heavy atom. The molecule has 0 spiro atoms. The molecule has 0 bridgehead atoms. The van der Waals surface area contributed by atoms with Gasteiger partial charge in [-0.3, -0.25) is 0 Å². The molecule has 114 valence electrons. The van der Waals surface area contributed by atoms with Gasteiger partial charge in [0.2, 0.25) is 0 Å². The lowest BCUT2D eigenvalue weighted by Crippen LogP contribution is -2.39. The molecule has 0 aromatic carbocycles. The van der Waals surface area contributed by atoms with Crippen LogP contribution in [0.25, 0.3) is 0 Å². The van der Waals surface area contributed by atoms with E-state index in [0.717, 1.165) is 42.7 Å². The van der Waals surface area contributed by atoms with Crippen molar-refractivity contribution in [2.45, 2.75) is 13.0 Å². The predicted octanol–water partition coefficient (Wildman–Crippen LogP) is 2.51. The molecule has 6 heteroatoms. The molecule has 2 N–H and O–H groups in total. The first-order chi connectivity index (χ1) is 10.4. The minimum atomic E-state index is 0.530. The standard InChI is InChI=1S/C15H21N3O2S/c1-21-11-8-17-15(18-12-14-5-3-10-20-14)16-7-6-13-4-2-9-19-13/h2-5,9-10H,6-8,11-12H2,1H3,(H2,16,17,18). The van der Waals surface area contributed by atoms with Gasteiger partial charge in [-0.25, -0.2) is 4.99 Å². The Balaban J connectivity index is 1.80. The van der Waals surface area contributed by atoms with Crippen LogP contribution in [0.3, 0.4) is 0 Å². The highest BCUT2D eigenvalue weighted by Crippen LogP contribution is 2.02. The molecule has 0 atom stereocenters. The highest BCUT2D eigenvalue weighted by molar-refractivity contribution is 7.98. The van der Waals surface area contributed by atoms with Gasteiger partial charge < -0.3 is 19.5 Å². The molecule has 0 amide bonds. The number of thioether (sulfide) groups is 1. The van der Waals surface area contributed by atoms with Crippen molar-refractivity contribution >= 4 is 17.7 Å². The minimum absolute atomic E-state index is 0.530. The minimum Gasteiger partial charge on any atom is -0.469 e. The fourth-order valence-electron chi connectivity index (χ4n) is 1.76. The first-order valence-corrected chi connectivity index (χ1v) is 8.34. The molecule has 2 heterocycles. The largest absolute Gasteiger partial charge is 0.469 e. The number of guanidine groups is 1. The van der Waals surface area contributed by atoms with Crippen LogP contribution in [0.2, 0.25) is 0 Å². The summed E-state index contributed by atoms with van der Waals surface area (Å²) < 4.78 is 10.6. The quantitative estimate of drug-likeness (QED) is 0.446. The van der Waals surface area contributed by atoms with Crippen molar-refractivity contribution in [1.29, 1.82) is 0 Å². The van der Waals surface area contributed by atoms with E-state index in [9.17, 15) is 0 Å². The van der Waals surface area contributed by atoms with Crippen LogP contribution in [0.5, 0.6) is 0 Å². The highest BCUT2D eigenvalue weighted by atomic mass is 32.2. The zero-order valence-corrected chi connectivity index (χ0v) is 13.0. The fourth-order valence-corrected chi connectivity index (χ4v) is 2.07. The summed E-state index contributed by atoms with van der Waals surface area (Å²) in [6.07, 6.45) is 6.27. The second-order valence-electron chi connectivity index (χ2n) is 4.42. The topological polar surface area (TPSA) is 62.7 Å². The predicted molar refractivity (Wildman–Crippen MR) is 86.6 cm³/mol. The Kier molecular flexibility index (Phi) is 6.80. The van der Waals surface area contributed by atoms with Gasteiger partial charge in [-0.15, -0.1) is 0 Å². The van der Waals surface area contributed by atoms with Gasteiger partial charge in [-0.05, 0) is 30.5 Å². The maximum Gasteiger partial charge on any atom is 0.191 e. The van der Waals surface area contributed by atoms with Crippen LogP contribution >= 0.6 is 11.8 Å². The summed E-state index contributed by atoms with van der Waals surface area (Å²) in [5, 5.41) is 6.62. The van der Waals surface area contributed by atoms with Crippen molar-refractivity contribution in [3.8, 4) is 0 Å². The number of furan rings is 2. The first kappa shape index (κ1) is 15.6. The summed E-state index contributed by atoms with van der Waals surface area (Å²) in [5.74, 6) is 3.66. The van der Waals surface area contributed by atoms with Gasteiger partial charge in [0, 0.05) is 25.3 Å². The zero-order valence-electron chi connectivity index (χ0n) is 12.2. The Labute approximate surface area is 129 Å². The number of hydrogen-bond acceptors (Lipinski definition) is 4. The van der Waals surface area contributed by atoms with Gasteiger partial charge in [0.05, 0.1) is 12.5 Å². The third-order valence-corrected chi connectivity index (χ3v) is 3.43. The van der Waals surface area contributed by atoms with E-state index in [1.807, 2.05) is 24.3 Å². The van der Waals surface area contributed by atoms with Crippen LogP contribution in [0.1, 0.15) is 11.5 Å². The lowest BCUT2D eigenvalue weighted by atomic mass is 10.3. The molecule has 5 nitrogen and oxygen atoms in total. The van der Waals surface area contributed by atoms with Crippen molar-refractivity contribution in [3.63, 3.8) is 0 Å². The molecule has 0 aliphatic rings. The summed E-state index contributed by atoms with van der Waals surface area (Å²) in [7, 11) is 0. The molecule has 21 heavy (non-hydrogen) atoms. The Morgan fingerprint density at radius 2 is 1.81 bits per heavy atom. The summed E-state index contributed by atoms with van der Waals surface area (Å²) in [6.45, 7) is 2.19. The normalized spacial score (nSPS) is 11.6. The van der Waals surface area contributed by atoms with E-state index in [1.54, 1.807) is 24.3 Å². The van der Waals surface area contributed by atoms with Crippen LogP contribution in [-0.2, 0) is 13.0 Å². The van der Waals surface area contributed by atoms with Crippen molar-refractivity contribution in [2.75, 3.05) is 25.1 Å². The molecule has 2 rings (SSSR count). The summed E-state index contributed by atoms with van der Waals surface area (Å²) in [6, 6.07) is 7.67. The smallest absolute Gasteiger partial charge is 0.191 e. The van der Waals surface area contributed by atoms with E-state index in [2.05, 4.69) is 21.9 Å². The number of rotatable bonds is 8. The van der Waals surface area contributed by atoms with Crippen molar-refractivity contribution < 1.29 is 8.83 Å². The molecule has 0 fully saturated rings. The zero-order chi connectivity index (χ0) is 14.8. The van der Waals surface area contributed by atoms with Crippen LogP contribution in [-0.4, -0.2) is 31.1 Å². The summed E-state index contributed by atoms with van der Waals surface area (Å²) >= 11 is 1.80. The molecule has 0 radical (unpaired) electrons. The number of aliphatic imine (C=N–C) groups is 1. The third kappa shape index (κ3) is 5.99. The van der Waals surface area contributed by atoms with E-state index in [-0.39, 0.29) is 0 Å². The van der Waals surface area contributed by atoms with Crippen LogP contribution < -0.4 is 10.6 Å². The SMILES string of the molecule is CSCCNC(=NCc1ccco1)NCCc1ccco1. The van der Waals surface area contributed by atoms with Gasteiger partial charge in [0.1, 0.15) is 18.1 Å². The Hall–Kier alpha value is -1.82. The average Bonchev–Trinajstić information content (AvgIpc) is 3.18. The molecule has 0 aliphatic carbocycles. The van der Waals surface area contributed by atoms with E-state index in [0.29, 0.717) is 6.54 Å². The first-order valence-electron chi connectivity index (χ1n) is 6.94. The van der Waals surface area contributed by atoms with Gasteiger partial charge in [0.25, 0.3) is 0 Å². The van der Waals surface area contributed by atoms with Crippen LogP contribution in [0.4, 0.5) is 0 Å². The lowest BCUT2D eigenvalue weighted by Gasteiger charge is -2.11.